The van der Waals surface area contributed by atoms with Crippen LogP contribution >= 0.6 is 0 Å². The highest BCUT2D eigenvalue weighted by atomic mass is 16.2. The van der Waals surface area contributed by atoms with Crippen LogP contribution in [0.15, 0.2) is 58.1 Å². The van der Waals surface area contributed by atoms with E-state index in [-0.39, 0.29) is 11.5 Å². The zero-order chi connectivity index (χ0) is 21.8. The van der Waals surface area contributed by atoms with Crippen LogP contribution < -0.4 is 16.6 Å². The number of rotatable bonds is 7. The van der Waals surface area contributed by atoms with E-state index in [1.165, 1.54) is 9.13 Å². The lowest BCUT2D eigenvalue weighted by atomic mass is 10.1. The summed E-state index contributed by atoms with van der Waals surface area (Å²) in [7, 11) is 0. The van der Waals surface area contributed by atoms with Crippen molar-refractivity contribution in [3.8, 4) is 5.69 Å². The van der Waals surface area contributed by atoms with Crippen molar-refractivity contribution >= 4 is 16.8 Å². The molecule has 3 rings (SSSR count). The molecule has 0 saturated carbocycles. The van der Waals surface area contributed by atoms with Crippen LogP contribution in [0.2, 0.25) is 0 Å². The van der Waals surface area contributed by atoms with Gasteiger partial charge in [-0.1, -0.05) is 58.0 Å². The van der Waals surface area contributed by atoms with Crippen LogP contribution in [0.1, 0.15) is 45.7 Å². The van der Waals surface area contributed by atoms with E-state index in [4.69, 9.17) is 0 Å². The van der Waals surface area contributed by atoms with Crippen molar-refractivity contribution in [1.82, 2.24) is 14.5 Å². The summed E-state index contributed by atoms with van der Waals surface area (Å²) >= 11 is 0. The number of aryl methyl sites for hydroxylation is 1. The van der Waals surface area contributed by atoms with Crippen molar-refractivity contribution in [1.29, 1.82) is 0 Å². The van der Waals surface area contributed by atoms with Crippen LogP contribution in [-0.2, 0) is 11.2 Å². The fourth-order valence-corrected chi connectivity index (χ4v) is 3.73. The number of aromatic nitrogens is 2. The van der Waals surface area contributed by atoms with Gasteiger partial charge in [0.25, 0.3) is 5.56 Å². The summed E-state index contributed by atoms with van der Waals surface area (Å²) in [5.41, 5.74) is 1.07. The highest BCUT2D eigenvalue weighted by molar-refractivity contribution is 5.84. The zero-order valence-electron chi connectivity index (χ0n) is 18.0. The third kappa shape index (κ3) is 3.95. The molecule has 1 atom stereocenters. The second-order valence-electron chi connectivity index (χ2n) is 7.86. The molecule has 1 aromatic heterocycles. The van der Waals surface area contributed by atoms with Gasteiger partial charge in [0.05, 0.1) is 16.6 Å². The number of hydrogen-bond donors (Lipinski definition) is 1. The van der Waals surface area contributed by atoms with E-state index in [2.05, 4.69) is 5.32 Å². The van der Waals surface area contributed by atoms with Gasteiger partial charge in [0.15, 0.2) is 0 Å². The smallest absolute Gasteiger partial charge is 0.336 e. The molecule has 0 bridgehead atoms. The summed E-state index contributed by atoms with van der Waals surface area (Å²) in [6.45, 7) is 8.42. The van der Waals surface area contributed by atoms with E-state index in [1.807, 2.05) is 45.9 Å². The Labute approximate surface area is 176 Å². The van der Waals surface area contributed by atoms with Gasteiger partial charge in [0.1, 0.15) is 6.04 Å². The number of benzene rings is 2. The summed E-state index contributed by atoms with van der Waals surface area (Å²) in [6, 6.07) is 13.7. The number of hydrogen-bond acceptors (Lipinski definition) is 3. The molecule has 0 aliphatic carbocycles. The minimum Gasteiger partial charge on any atom is -0.354 e. The van der Waals surface area contributed by atoms with Crippen molar-refractivity contribution in [3.05, 3.63) is 74.9 Å². The zero-order valence-corrected chi connectivity index (χ0v) is 18.0. The second kappa shape index (κ2) is 9.11. The second-order valence-corrected chi connectivity index (χ2v) is 7.86. The Bertz CT molecular complexity index is 1170. The van der Waals surface area contributed by atoms with Gasteiger partial charge in [-0.2, -0.15) is 0 Å². The van der Waals surface area contributed by atoms with Crippen LogP contribution in [0, 0.1) is 5.92 Å². The Morgan fingerprint density at radius 1 is 1.00 bits per heavy atom. The average molecular weight is 408 g/mol. The number of carbonyl (C=O) groups is 1. The molecule has 1 unspecified atom stereocenters. The van der Waals surface area contributed by atoms with E-state index in [1.54, 1.807) is 30.3 Å². The molecule has 30 heavy (non-hydrogen) atoms. The average Bonchev–Trinajstić information content (AvgIpc) is 2.75. The molecule has 6 nitrogen and oxygen atoms in total. The molecule has 0 radical (unpaired) electrons. The van der Waals surface area contributed by atoms with E-state index >= 15 is 0 Å². The number of nitrogens with zero attached hydrogens (tertiary/aromatic N) is 2. The summed E-state index contributed by atoms with van der Waals surface area (Å²) in [6.07, 6.45) is 1.11. The van der Waals surface area contributed by atoms with Crippen molar-refractivity contribution in [2.24, 2.45) is 5.92 Å². The molecule has 0 fully saturated rings. The van der Waals surface area contributed by atoms with E-state index in [9.17, 15) is 14.4 Å². The highest BCUT2D eigenvalue weighted by Gasteiger charge is 2.25. The first-order valence-electron chi connectivity index (χ1n) is 10.5. The molecule has 0 aliphatic heterocycles. The van der Waals surface area contributed by atoms with Gasteiger partial charge >= 0.3 is 5.69 Å². The molecule has 158 valence electrons. The Hall–Kier alpha value is -3.15. The summed E-state index contributed by atoms with van der Waals surface area (Å²) in [4.78, 5) is 39.9. The predicted molar refractivity (Wildman–Crippen MR) is 120 cm³/mol. The first kappa shape index (κ1) is 21.6. The van der Waals surface area contributed by atoms with Gasteiger partial charge in [0.2, 0.25) is 5.91 Å². The van der Waals surface area contributed by atoms with Gasteiger partial charge in [0, 0.05) is 6.54 Å². The minimum absolute atomic E-state index is 0.215. The summed E-state index contributed by atoms with van der Waals surface area (Å²) < 4.78 is 2.68. The maximum Gasteiger partial charge on any atom is 0.336 e. The third-order valence-corrected chi connectivity index (χ3v) is 5.29. The molecule has 0 spiro atoms. The number of fused-ring (bicyclic) bond motifs is 1. The molecule has 1 N–H and O–H groups in total. The van der Waals surface area contributed by atoms with Gasteiger partial charge < -0.3 is 5.32 Å². The number of para-hydroxylation sites is 2. The molecule has 3 aromatic rings. The van der Waals surface area contributed by atoms with Crippen LogP contribution in [0.25, 0.3) is 16.6 Å². The largest absolute Gasteiger partial charge is 0.354 e. The van der Waals surface area contributed by atoms with E-state index in [0.29, 0.717) is 41.9 Å². The fourth-order valence-electron chi connectivity index (χ4n) is 3.73. The van der Waals surface area contributed by atoms with Crippen LogP contribution in [0.5, 0.6) is 0 Å². The molecule has 2 aromatic carbocycles. The molecular weight excluding hydrogens is 378 g/mol. The minimum atomic E-state index is -0.707. The molecule has 0 saturated heterocycles. The standard InChI is InChI=1S/C24H29N3O3/c1-5-17-11-7-9-13-20(17)27-23(29)18-12-8-10-14-21(18)26(24(27)30)19(6-2)22(28)25-15-16(3)4/h7-14,16,19H,5-6,15H2,1-4H3,(H,25,28). The van der Waals surface area contributed by atoms with Gasteiger partial charge in [-0.05, 0) is 42.5 Å². The SMILES string of the molecule is CCc1ccccc1-n1c(=O)c2ccccc2n(C(CC)C(=O)NCC(C)C)c1=O. The van der Waals surface area contributed by atoms with Crippen molar-refractivity contribution in [2.45, 2.75) is 46.6 Å². The van der Waals surface area contributed by atoms with Crippen LogP contribution in [-0.4, -0.2) is 21.6 Å². The first-order valence-corrected chi connectivity index (χ1v) is 10.5. The van der Waals surface area contributed by atoms with Crippen LogP contribution in [0.4, 0.5) is 0 Å². The van der Waals surface area contributed by atoms with Gasteiger partial charge in [-0.25, -0.2) is 9.36 Å². The molecule has 6 heteroatoms. The number of carbonyl (C=O) groups excluding carboxylic acids is 1. The van der Waals surface area contributed by atoms with Crippen molar-refractivity contribution in [3.63, 3.8) is 0 Å². The van der Waals surface area contributed by atoms with Gasteiger partial charge in [-0.15, -0.1) is 0 Å². The maximum atomic E-state index is 13.7. The summed E-state index contributed by atoms with van der Waals surface area (Å²) in [5, 5.41) is 3.35. The quantitative estimate of drug-likeness (QED) is 0.652. The molecule has 1 amide bonds. The molecular formula is C24H29N3O3. The maximum absolute atomic E-state index is 13.7. The lowest BCUT2D eigenvalue weighted by Crippen LogP contribution is -2.45. The molecule has 0 aliphatic rings. The first-order chi connectivity index (χ1) is 14.4. The highest BCUT2D eigenvalue weighted by Crippen LogP contribution is 2.19. The topological polar surface area (TPSA) is 73.1 Å². The Kier molecular flexibility index (Phi) is 6.55. The van der Waals surface area contributed by atoms with E-state index < -0.39 is 11.7 Å². The Morgan fingerprint density at radius 3 is 2.33 bits per heavy atom. The normalized spacial score (nSPS) is 12.3. The number of nitrogens with one attached hydrogen (secondary N) is 1. The fraction of sp³-hybridized carbons (Fsp3) is 0.375. The van der Waals surface area contributed by atoms with Crippen molar-refractivity contribution in [2.75, 3.05) is 6.54 Å². The number of amides is 1. The predicted octanol–water partition coefficient (Wildman–Crippen LogP) is 3.44. The summed E-state index contributed by atoms with van der Waals surface area (Å²) in [5.74, 6) is 0.0812. The Morgan fingerprint density at radius 2 is 1.67 bits per heavy atom. The lowest BCUT2D eigenvalue weighted by Gasteiger charge is -2.22. The third-order valence-electron chi connectivity index (χ3n) is 5.29. The van der Waals surface area contributed by atoms with Crippen molar-refractivity contribution < 1.29 is 4.79 Å². The monoisotopic (exact) mass is 407 g/mol. The Balaban J connectivity index is 2.33. The van der Waals surface area contributed by atoms with E-state index in [0.717, 1.165) is 5.56 Å². The van der Waals surface area contributed by atoms with Crippen LogP contribution in [0.3, 0.4) is 0 Å². The molecule has 1 heterocycles. The lowest BCUT2D eigenvalue weighted by molar-refractivity contribution is -0.124. The van der Waals surface area contributed by atoms with Gasteiger partial charge in [-0.3, -0.25) is 14.2 Å².